The Morgan fingerprint density at radius 3 is 2.53 bits per heavy atom. The molecule has 1 heterocycles. The lowest BCUT2D eigenvalue weighted by Crippen LogP contribution is -2.02. The van der Waals surface area contributed by atoms with Crippen LogP contribution in [0.25, 0.3) is 0 Å². The van der Waals surface area contributed by atoms with E-state index in [-0.39, 0.29) is 6.10 Å². The summed E-state index contributed by atoms with van der Waals surface area (Å²) < 4.78 is 5.97. The van der Waals surface area contributed by atoms with Crippen LogP contribution < -0.4 is 4.74 Å². The van der Waals surface area contributed by atoms with Gasteiger partial charge in [0.05, 0.1) is 0 Å². The Hall–Kier alpha value is -1.76. The molecule has 2 aromatic carbocycles. The molecule has 1 heteroatoms. The maximum absolute atomic E-state index is 5.97. The summed E-state index contributed by atoms with van der Waals surface area (Å²) >= 11 is 0. The van der Waals surface area contributed by atoms with Crippen LogP contribution in [0.15, 0.2) is 48.5 Å². The standard InChI is InChI=1S/C16H16O/c1-2-12-7-9-13(10-8-12)16-11-14-5-3-4-6-15(14)17-16/h3-10,16H,2,11H2,1H3. The van der Waals surface area contributed by atoms with Crippen molar-refractivity contribution in [3.8, 4) is 5.75 Å². The van der Waals surface area contributed by atoms with Gasteiger partial charge in [-0.3, -0.25) is 0 Å². The predicted molar refractivity (Wildman–Crippen MR) is 69.3 cm³/mol. The highest BCUT2D eigenvalue weighted by atomic mass is 16.5. The quantitative estimate of drug-likeness (QED) is 0.751. The summed E-state index contributed by atoms with van der Waals surface area (Å²) in [7, 11) is 0. The molecule has 0 amide bonds. The first kappa shape index (κ1) is 10.4. The van der Waals surface area contributed by atoms with Crippen molar-refractivity contribution in [2.45, 2.75) is 25.9 Å². The van der Waals surface area contributed by atoms with Crippen LogP contribution in [0, 0.1) is 0 Å². The van der Waals surface area contributed by atoms with E-state index < -0.39 is 0 Å². The lowest BCUT2D eigenvalue weighted by Gasteiger charge is -2.11. The number of para-hydroxylation sites is 1. The van der Waals surface area contributed by atoms with E-state index in [4.69, 9.17) is 4.74 Å². The van der Waals surface area contributed by atoms with Gasteiger partial charge in [-0.1, -0.05) is 49.4 Å². The van der Waals surface area contributed by atoms with Gasteiger partial charge in [0.1, 0.15) is 11.9 Å². The number of rotatable bonds is 2. The third kappa shape index (κ3) is 1.93. The van der Waals surface area contributed by atoms with Crippen molar-refractivity contribution in [2.75, 3.05) is 0 Å². The molecule has 0 N–H and O–H groups in total. The first-order valence-corrected chi connectivity index (χ1v) is 6.20. The summed E-state index contributed by atoms with van der Waals surface area (Å²) in [5.41, 5.74) is 3.97. The Kier molecular flexibility index (Phi) is 2.60. The highest BCUT2D eigenvalue weighted by molar-refractivity contribution is 5.39. The largest absolute Gasteiger partial charge is 0.485 e. The minimum atomic E-state index is 0.193. The number of benzene rings is 2. The number of ether oxygens (including phenoxy) is 1. The maximum Gasteiger partial charge on any atom is 0.128 e. The molecular weight excluding hydrogens is 208 g/mol. The molecule has 0 aromatic heterocycles. The molecule has 0 bridgehead atoms. The zero-order valence-electron chi connectivity index (χ0n) is 10.0. The molecule has 1 unspecified atom stereocenters. The lowest BCUT2D eigenvalue weighted by molar-refractivity contribution is 0.238. The summed E-state index contributed by atoms with van der Waals surface area (Å²) in [5, 5.41) is 0. The van der Waals surface area contributed by atoms with Gasteiger partial charge in [-0.25, -0.2) is 0 Å². The molecule has 0 radical (unpaired) electrons. The van der Waals surface area contributed by atoms with E-state index in [0.717, 1.165) is 18.6 Å². The zero-order valence-corrected chi connectivity index (χ0v) is 10.0. The molecule has 3 rings (SSSR count). The van der Waals surface area contributed by atoms with E-state index in [0.29, 0.717) is 0 Å². The number of hydrogen-bond donors (Lipinski definition) is 0. The summed E-state index contributed by atoms with van der Waals surface area (Å²) in [6.45, 7) is 2.18. The maximum atomic E-state index is 5.97. The van der Waals surface area contributed by atoms with Gasteiger partial charge in [0, 0.05) is 6.42 Å². The fraction of sp³-hybridized carbons (Fsp3) is 0.250. The molecule has 86 valence electrons. The fourth-order valence-corrected chi connectivity index (χ4v) is 2.34. The van der Waals surface area contributed by atoms with E-state index in [1.807, 2.05) is 6.07 Å². The van der Waals surface area contributed by atoms with Gasteiger partial charge in [-0.2, -0.15) is 0 Å². The van der Waals surface area contributed by atoms with Crippen LogP contribution in [0.4, 0.5) is 0 Å². The third-order valence-electron chi connectivity index (χ3n) is 3.41. The normalized spacial score (nSPS) is 17.6. The topological polar surface area (TPSA) is 9.23 Å². The molecule has 1 aliphatic rings. The molecule has 1 aliphatic heterocycles. The van der Waals surface area contributed by atoms with Gasteiger partial charge in [0.15, 0.2) is 0 Å². The zero-order chi connectivity index (χ0) is 11.7. The summed E-state index contributed by atoms with van der Waals surface area (Å²) in [4.78, 5) is 0. The number of aryl methyl sites for hydroxylation is 1. The molecule has 0 fully saturated rings. The van der Waals surface area contributed by atoms with Gasteiger partial charge in [-0.15, -0.1) is 0 Å². The van der Waals surface area contributed by atoms with Crippen molar-refractivity contribution in [3.05, 3.63) is 65.2 Å². The molecule has 17 heavy (non-hydrogen) atoms. The highest BCUT2D eigenvalue weighted by Gasteiger charge is 2.23. The second kappa shape index (κ2) is 4.25. The Morgan fingerprint density at radius 2 is 1.82 bits per heavy atom. The minimum Gasteiger partial charge on any atom is -0.485 e. The van der Waals surface area contributed by atoms with Crippen LogP contribution in [0.2, 0.25) is 0 Å². The molecule has 0 saturated heterocycles. The monoisotopic (exact) mass is 224 g/mol. The average Bonchev–Trinajstić information content (AvgIpc) is 2.82. The average molecular weight is 224 g/mol. The molecule has 1 atom stereocenters. The predicted octanol–water partition coefficient (Wildman–Crippen LogP) is 3.93. The van der Waals surface area contributed by atoms with Gasteiger partial charge < -0.3 is 4.74 Å². The second-order valence-electron chi connectivity index (χ2n) is 4.51. The van der Waals surface area contributed by atoms with E-state index in [1.54, 1.807) is 0 Å². The van der Waals surface area contributed by atoms with Gasteiger partial charge >= 0.3 is 0 Å². The first-order valence-electron chi connectivity index (χ1n) is 6.20. The van der Waals surface area contributed by atoms with Crippen LogP contribution >= 0.6 is 0 Å². The lowest BCUT2D eigenvalue weighted by atomic mass is 10.0. The van der Waals surface area contributed by atoms with Crippen LogP contribution in [0.1, 0.15) is 29.7 Å². The second-order valence-corrected chi connectivity index (χ2v) is 4.51. The van der Waals surface area contributed by atoms with E-state index in [2.05, 4.69) is 49.4 Å². The highest BCUT2D eigenvalue weighted by Crippen LogP contribution is 2.36. The first-order chi connectivity index (χ1) is 8.36. The van der Waals surface area contributed by atoms with Crippen LogP contribution in [-0.2, 0) is 12.8 Å². The van der Waals surface area contributed by atoms with Crippen molar-refractivity contribution in [1.29, 1.82) is 0 Å². The smallest absolute Gasteiger partial charge is 0.128 e. The van der Waals surface area contributed by atoms with E-state index in [9.17, 15) is 0 Å². The summed E-state index contributed by atoms with van der Waals surface area (Å²) in [5.74, 6) is 1.04. The van der Waals surface area contributed by atoms with Crippen LogP contribution in [0.3, 0.4) is 0 Å². The van der Waals surface area contributed by atoms with Crippen LogP contribution in [-0.4, -0.2) is 0 Å². The Bertz CT molecular complexity index is 488. The van der Waals surface area contributed by atoms with Crippen molar-refractivity contribution in [1.82, 2.24) is 0 Å². The van der Waals surface area contributed by atoms with Crippen molar-refractivity contribution >= 4 is 0 Å². The van der Waals surface area contributed by atoms with Crippen molar-refractivity contribution in [2.24, 2.45) is 0 Å². The Balaban J connectivity index is 1.83. The van der Waals surface area contributed by atoms with Crippen molar-refractivity contribution < 1.29 is 4.74 Å². The summed E-state index contributed by atoms with van der Waals surface area (Å²) in [6.07, 6.45) is 2.27. The van der Waals surface area contributed by atoms with E-state index >= 15 is 0 Å². The van der Waals surface area contributed by atoms with Gasteiger partial charge in [-0.05, 0) is 29.2 Å². The van der Waals surface area contributed by atoms with Crippen LogP contribution in [0.5, 0.6) is 5.75 Å². The Morgan fingerprint density at radius 1 is 1.06 bits per heavy atom. The molecule has 0 saturated carbocycles. The fourth-order valence-electron chi connectivity index (χ4n) is 2.34. The molecular formula is C16H16O. The molecule has 2 aromatic rings. The molecule has 1 nitrogen and oxygen atoms in total. The van der Waals surface area contributed by atoms with Gasteiger partial charge in [0.25, 0.3) is 0 Å². The number of hydrogen-bond acceptors (Lipinski definition) is 1. The minimum absolute atomic E-state index is 0.193. The number of fused-ring (bicyclic) bond motifs is 1. The Labute approximate surface area is 102 Å². The van der Waals surface area contributed by atoms with Crippen molar-refractivity contribution in [3.63, 3.8) is 0 Å². The van der Waals surface area contributed by atoms with Gasteiger partial charge in [0.2, 0.25) is 0 Å². The molecule has 0 aliphatic carbocycles. The summed E-state index contributed by atoms with van der Waals surface area (Å²) in [6, 6.07) is 17.1. The SMILES string of the molecule is CCc1ccc(C2Cc3ccccc3O2)cc1. The third-order valence-corrected chi connectivity index (χ3v) is 3.41. The van der Waals surface area contributed by atoms with E-state index in [1.165, 1.54) is 16.7 Å². The molecule has 0 spiro atoms.